The predicted molar refractivity (Wildman–Crippen MR) is 165 cm³/mol. The molecule has 4 fully saturated rings. The molecule has 1 saturated heterocycles. The first-order valence-electron chi connectivity index (χ1n) is 15.3. The molecule has 2 bridgehead atoms. The van der Waals surface area contributed by atoms with Gasteiger partial charge in [0, 0.05) is 42.2 Å². The van der Waals surface area contributed by atoms with Crippen molar-refractivity contribution in [2.24, 2.45) is 34.8 Å². The Kier molecular flexibility index (Phi) is 8.75. The molecule has 7 atom stereocenters. The first kappa shape index (κ1) is 30.6. The van der Waals surface area contributed by atoms with Crippen LogP contribution in [0.25, 0.3) is 11.1 Å². The number of amides is 2. The second-order valence-corrected chi connectivity index (χ2v) is 13.0. The Balaban J connectivity index is 1.42. The lowest BCUT2D eigenvalue weighted by Crippen LogP contribution is -2.62. The summed E-state index contributed by atoms with van der Waals surface area (Å²) in [5.74, 6) is 2.13. The van der Waals surface area contributed by atoms with Crippen LogP contribution >= 0.6 is 0 Å². The maximum absolute atomic E-state index is 14.0. The van der Waals surface area contributed by atoms with E-state index >= 15 is 0 Å². The van der Waals surface area contributed by atoms with Gasteiger partial charge in [0.25, 0.3) is 5.91 Å². The van der Waals surface area contributed by atoms with Crippen LogP contribution in [0.15, 0.2) is 36.4 Å². The second-order valence-electron chi connectivity index (χ2n) is 13.0. The number of hydroxylamine groups is 2. The average Bonchev–Trinajstić information content (AvgIpc) is 3.34. The molecule has 0 spiro atoms. The molecule has 2 radical (unpaired) electrons. The van der Waals surface area contributed by atoms with Crippen LogP contribution < -0.4 is 26.6 Å². The summed E-state index contributed by atoms with van der Waals surface area (Å²) in [6, 6.07) is 10.8. The first-order chi connectivity index (χ1) is 20.0. The molecule has 2 amide bonds. The second kappa shape index (κ2) is 12.0. The van der Waals surface area contributed by atoms with Gasteiger partial charge in [0.1, 0.15) is 19.6 Å². The quantitative estimate of drug-likeness (QED) is 0.399. The van der Waals surface area contributed by atoms with E-state index in [1.807, 2.05) is 24.3 Å². The van der Waals surface area contributed by atoms with E-state index in [1.165, 1.54) is 6.42 Å². The van der Waals surface area contributed by atoms with Gasteiger partial charge in [-0.1, -0.05) is 63.5 Å². The van der Waals surface area contributed by atoms with Gasteiger partial charge in [-0.2, -0.15) is 5.06 Å². The van der Waals surface area contributed by atoms with E-state index in [1.54, 1.807) is 31.4 Å². The molecule has 9 heteroatoms. The summed E-state index contributed by atoms with van der Waals surface area (Å²) in [4.78, 5) is 32.8. The zero-order chi connectivity index (χ0) is 30.3. The van der Waals surface area contributed by atoms with Crippen LogP contribution in [0.3, 0.4) is 0 Å². The van der Waals surface area contributed by atoms with Gasteiger partial charge >= 0.3 is 0 Å². The smallest absolute Gasteiger partial charge is 0.251 e. The molecule has 2 aromatic rings. The molecule has 0 aromatic heterocycles. The van der Waals surface area contributed by atoms with Crippen LogP contribution in [-0.2, 0) is 16.2 Å². The van der Waals surface area contributed by atoms with E-state index in [0.29, 0.717) is 53.0 Å². The van der Waals surface area contributed by atoms with Gasteiger partial charge in [-0.15, -0.1) is 0 Å². The monoisotopic (exact) mass is 572 g/mol. The molecule has 3 saturated carbocycles. The lowest BCUT2D eigenvalue weighted by Gasteiger charge is -2.62. The van der Waals surface area contributed by atoms with Crippen LogP contribution in [0.5, 0.6) is 5.75 Å². The molecule has 42 heavy (non-hydrogen) atoms. The Hall–Kier alpha value is -2.88. The topological polar surface area (TPSA) is 106 Å². The van der Waals surface area contributed by atoms with Crippen LogP contribution in [-0.4, -0.2) is 63.6 Å². The van der Waals surface area contributed by atoms with Crippen molar-refractivity contribution >= 4 is 25.1 Å². The molecule has 3 aliphatic carbocycles. The largest absolute Gasteiger partial charge is 0.496 e. The molecule has 2 aromatic carbocycles. The SMILES string of the molecule is [B]c1cc(C(=O)NC)cc(-c2cccc(CN3O[C@@H](CN)[C@H](CC)[C@H]3C(=O)N[C@H]3C[C@H]4C[C@@H]([C@@H]3C)C4(C)C)c2OC)c1. The van der Waals surface area contributed by atoms with Gasteiger partial charge < -0.3 is 21.1 Å². The first-order valence-corrected chi connectivity index (χ1v) is 15.3. The highest BCUT2D eigenvalue weighted by molar-refractivity contribution is 6.33. The number of carbonyl (C=O) groups is 2. The highest BCUT2D eigenvalue weighted by atomic mass is 16.7. The van der Waals surface area contributed by atoms with E-state index in [4.69, 9.17) is 23.2 Å². The number of ether oxygens (including phenoxy) is 1. The molecule has 4 N–H and O–H groups in total. The van der Waals surface area contributed by atoms with Crippen molar-refractivity contribution in [2.75, 3.05) is 20.7 Å². The minimum absolute atomic E-state index is 0.00919. The summed E-state index contributed by atoms with van der Waals surface area (Å²) in [6.07, 6.45) is 2.81. The highest BCUT2D eigenvalue weighted by Gasteiger charge is 2.57. The lowest BCUT2D eigenvalue weighted by molar-refractivity contribution is -0.175. The maximum atomic E-state index is 14.0. The number of nitrogens with zero attached hydrogens (tertiary/aromatic N) is 1. The molecule has 8 nitrogen and oxygen atoms in total. The predicted octanol–water partition coefficient (Wildman–Crippen LogP) is 3.17. The van der Waals surface area contributed by atoms with Crippen molar-refractivity contribution in [1.82, 2.24) is 15.7 Å². The fourth-order valence-electron chi connectivity index (χ4n) is 7.94. The van der Waals surface area contributed by atoms with Crippen LogP contribution in [0.1, 0.15) is 62.9 Å². The Bertz CT molecular complexity index is 1330. The molecule has 6 rings (SSSR count). The number of methoxy groups -OCH3 is 1. The van der Waals surface area contributed by atoms with Crippen molar-refractivity contribution in [3.05, 3.63) is 47.5 Å². The zero-order valence-electron chi connectivity index (χ0n) is 25.8. The summed E-state index contributed by atoms with van der Waals surface area (Å²) in [6.45, 7) is 9.79. The molecule has 1 aliphatic heterocycles. The lowest BCUT2D eigenvalue weighted by atomic mass is 9.45. The molecule has 0 unspecified atom stereocenters. The normalized spacial score (nSPS) is 29.9. The van der Waals surface area contributed by atoms with E-state index < -0.39 is 6.04 Å². The van der Waals surface area contributed by atoms with Gasteiger partial charge in [0.15, 0.2) is 0 Å². The molecular weight excluding hydrogens is 527 g/mol. The van der Waals surface area contributed by atoms with E-state index in [9.17, 15) is 9.59 Å². The summed E-state index contributed by atoms with van der Waals surface area (Å²) < 4.78 is 5.93. The minimum Gasteiger partial charge on any atom is -0.496 e. The van der Waals surface area contributed by atoms with Crippen molar-refractivity contribution in [1.29, 1.82) is 0 Å². The van der Waals surface area contributed by atoms with Crippen molar-refractivity contribution in [3.63, 3.8) is 0 Å². The fourth-order valence-corrected chi connectivity index (χ4v) is 7.94. The maximum Gasteiger partial charge on any atom is 0.251 e. The number of nitrogens with one attached hydrogen (secondary N) is 2. The number of carbonyl (C=O) groups excluding carboxylic acids is 2. The summed E-state index contributed by atoms with van der Waals surface area (Å²) >= 11 is 0. The van der Waals surface area contributed by atoms with E-state index in [0.717, 1.165) is 29.5 Å². The van der Waals surface area contributed by atoms with Crippen LogP contribution in [0.2, 0.25) is 0 Å². The zero-order valence-corrected chi connectivity index (χ0v) is 25.8. The van der Waals surface area contributed by atoms with Crippen molar-refractivity contribution in [3.8, 4) is 16.9 Å². The van der Waals surface area contributed by atoms with E-state index in [2.05, 4.69) is 38.3 Å². The number of nitrogens with two attached hydrogens (primary N) is 1. The van der Waals surface area contributed by atoms with Crippen molar-refractivity contribution < 1.29 is 19.2 Å². The summed E-state index contributed by atoms with van der Waals surface area (Å²) in [7, 11) is 9.38. The molecule has 4 aliphatic rings. The van der Waals surface area contributed by atoms with Gasteiger partial charge in [0.2, 0.25) is 5.91 Å². The molecular formula is C33H45BN4O4. The molecule has 1 heterocycles. The van der Waals surface area contributed by atoms with Gasteiger partial charge in [-0.25, -0.2) is 0 Å². The highest BCUT2D eigenvalue weighted by Crippen LogP contribution is 2.61. The summed E-state index contributed by atoms with van der Waals surface area (Å²) in [5.41, 5.74) is 9.87. The standard InChI is InChI=1S/C33H45BN4O4/c1-7-24-28(16-35)42-38(29(24)32(40)37-27-15-22-14-26(18(27)2)33(22,3)4)17-19-9-8-10-25(30(19)41-6)20-11-21(31(39)36-5)13-23(34)12-20/h8-13,18,22,24,26-29H,7,14-17,35H2,1-6H3,(H,36,39)(H,37,40)/t18-,22+,24-,26-,27-,28-,29-/m0/s1. The number of rotatable bonds is 9. The number of hydrogen-bond acceptors (Lipinski definition) is 6. The summed E-state index contributed by atoms with van der Waals surface area (Å²) in [5, 5.41) is 7.90. The number of para-hydroxylation sites is 1. The Morgan fingerprint density at radius 2 is 1.98 bits per heavy atom. The molecule has 224 valence electrons. The number of benzene rings is 2. The number of fused-ring (bicyclic) bond motifs is 2. The average molecular weight is 573 g/mol. The van der Waals surface area contributed by atoms with Crippen LogP contribution in [0.4, 0.5) is 0 Å². The minimum atomic E-state index is -0.470. The third-order valence-corrected chi connectivity index (χ3v) is 10.5. The number of hydrogen-bond donors (Lipinski definition) is 3. The van der Waals surface area contributed by atoms with E-state index in [-0.39, 0.29) is 29.9 Å². The van der Waals surface area contributed by atoms with Crippen LogP contribution in [0, 0.1) is 29.1 Å². The van der Waals surface area contributed by atoms with Gasteiger partial charge in [-0.3, -0.25) is 14.4 Å². The third-order valence-electron chi connectivity index (χ3n) is 10.5. The van der Waals surface area contributed by atoms with Gasteiger partial charge in [0.05, 0.1) is 19.8 Å². The van der Waals surface area contributed by atoms with Crippen molar-refractivity contribution in [2.45, 2.75) is 71.7 Å². The Morgan fingerprint density at radius 3 is 2.60 bits per heavy atom. The van der Waals surface area contributed by atoms with Gasteiger partial charge in [-0.05, 0) is 54.1 Å². The third kappa shape index (κ3) is 5.35. The Morgan fingerprint density at radius 1 is 1.21 bits per heavy atom. The fraction of sp³-hybridized carbons (Fsp3) is 0.576. The Labute approximate surface area is 251 Å².